The minimum atomic E-state index is -0.554. The minimum absolute atomic E-state index is 0.135. The van der Waals surface area contributed by atoms with E-state index in [0.29, 0.717) is 11.3 Å². The summed E-state index contributed by atoms with van der Waals surface area (Å²) in [5.74, 6) is 0.388. The number of aromatic nitrogens is 2. The molecule has 2 rings (SSSR count). The molecule has 1 N–H and O–H groups in total. The van der Waals surface area contributed by atoms with Crippen LogP contribution in [0.3, 0.4) is 0 Å². The quantitative estimate of drug-likeness (QED) is 0.631. The third-order valence-corrected chi connectivity index (χ3v) is 2.23. The normalized spacial score (nSPS) is 10.6. The number of nitrogens with one attached hydrogen (secondary N) is 1. The first kappa shape index (κ1) is 11.2. The zero-order valence-corrected chi connectivity index (χ0v) is 8.97. The smallest absolute Gasteiger partial charge is 0.270 e. The van der Waals surface area contributed by atoms with Crippen LogP contribution in [0.25, 0.3) is 10.9 Å². The van der Waals surface area contributed by atoms with Crippen molar-refractivity contribution in [2.24, 2.45) is 0 Å². The summed E-state index contributed by atoms with van der Waals surface area (Å²) in [7, 11) is 1.49. The van der Waals surface area contributed by atoms with Gasteiger partial charge in [0, 0.05) is 19.2 Å². The van der Waals surface area contributed by atoms with Crippen molar-refractivity contribution in [1.29, 1.82) is 0 Å². The second kappa shape index (κ2) is 4.30. The van der Waals surface area contributed by atoms with Gasteiger partial charge in [-0.1, -0.05) is 0 Å². The minimum Gasteiger partial charge on any atom is -0.377 e. The molecule has 2 aromatic rings. The molecule has 1 heterocycles. The van der Waals surface area contributed by atoms with E-state index in [-0.39, 0.29) is 17.7 Å². The Kier molecular flexibility index (Phi) is 2.84. The van der Waals surface area contributed by atoms with Crippen LogP contribution < -0.4 is 5.56 Å². The molecule has 0 fully saturated rings. The van der Waals surface area contributed by atoms with Gasteiger partial charge in [-0.25, -0.2) is 4.98 Å². The molecule has 0 aliphatic rings. The first-order valence-electron chi connectivity index (χ1n) is 4.78. The Morgan fingerprint density at radius 1 is 1.53 bits per heavy atom. The second-order valence-corrected chi connectivity index (χ2v) is 3.40. The molecule has 7 nitrogen and oxygen atoms in total. The maximum atomic E-state index is 11.7. The van der Waals surface area contributed by atoms with E-state index >= 15 is 0 Å². The maximum Gasteiger partial charge on any atom is 0.270 e. The molecule has 0 radical (unpaired) electrons. The van der Waals surface area contributed by atoms with Crippen LogP contribution in [0.15, 0.2) is 23.0 Å². The van der Waals surface area contributed by atoms with E-state index in [1.165, 1.54) is 25.3 Å². The number of hydrogen-bond acceptors (Lipinski definition) is 5. The zero-order chi connectivity index (χ0) is 12.4. The highest BCUT2D eigenvalue weighted by Crippen LogP contribution is 2.16. The average molecular weight is 235 g/mol. The van der Waals surface area contributed by atoms with Crippen LogP contribution >= 0.6 is 0 Å². The molecule has 0 aliphatic carbocycles. The number of rotatable bonds is 3. The highest BCUT2D eigenvalue weighted by atomic mass is 16.6. The number of H-pyrrole nitrogens is 1. The van der Waals surface area contributed by atoms with E-state index in [1.807, 2.05) is 0 Å². The number of non-ortho nitro benzene ring substituents is 1. The molecule has 0 unspecified atom stereocenters. The van der Waals surface area contributed by atoms with Crippen LogP contribution in [0.1, 0.15) is 5.82 Å². The predicted molar refractivity (Wildman–Crippen MR) is 59.7 cm³/mol. The fourth-order valence-electron chi connectivity index (χ4n) is 1.49. The number of aromatic amines is 1. The largest absolute Gasteiger partial charge is 0.377 e. The molecule has 1 aromatic heterocycles. The molecule has 0 aliphatic heterocycles. The third kappa shape index (κ3) is 2.13. The van der Waals surface area contributed by atoms with Crippen molar-refractivity contribution in [1.82, 2.24) is 9.97 Å². The lowest BCUT2D eigenvalue weighted by Gasteiger charge is -2.01. The Balaban J connectivity index is 2.64. The fraction of sp³-hybridized carbons (Fsp3) is 0.200. The summed E-state index contributed by atoms with van der Waals surface area (Å²) in [4.78, 5) is 28.3. The summed E-state index contributed by atoms with van der Waals surface area (Å²) in [6, 6.07) is 3.96. The summed E-state index contributed by atoms with van der Waals surface area (Å²) >= 11 is 0. The van der Waals surface area contributed by atoms with Gasteiger partial charge in [0.15, 0.2) is 0 Å². The Bertz CT molecular complexity index is 635. The van der Waals surface area contributed by atoms with Crippen LogP contribution in [-0.2, 0) is 11.3 Å². The predicted octanol–water partition coefficient (Wildman–Crippen LogP) is 0.978. The number of hydrogen-bond donors (Lipinski definition) is 1. The van der Waals surface area contributed by atoms with Gasteiger partial charge in [-0.3, -0.25) is 14.9 Å². The van der Waals surface area contributed by atoms with Gasteiger partial charge in [-0.2, -0.15) is 0 Å². The highest BCUT2D eigenvalue weighted by molar-refractivity contribution is 5.79. The lowest BCUT2D eigenvalue weighted by molar-refractivity contribution is -0.384. The summed E-state index contributed by atoms with van der Waals surface area (Å²) in [6.07, 6.45) is 0. The van der Waals surface area contributed by atoms with Crippen LogP contribution in [0.2, 0.25) is 0 Å². The van der Waals surface area contributed by atoms with E-state index in [2.05, 4.69) is 9.97 Å². The van der Waals surface area contributed by atoms with Crippen molar-refractivity contribution >= 4 is 16.6 Å². The maximum absolute atomic E-state index is 11.7. The number of nitro groups is 1. The van der Waals surface area contributed by atoms with Gasteiger partial charge in [0.25, 0.3) is 11.2 Å². The molecule has 0 bridgehead atoms. The molecular weight excluding hydrogens is 226 g/mol. The standard InChI is InChI=1S/C10H9N3O4/c1-17-5-9-11-8-3-2-6(13(15)16)4-7(8)10(14)12-9/h2-4H,5H2,1H3,(H,11,12,14). The van der Waals surface area contributed by atoms with Crippen LogP contribution in [0.4, 0.5) is 5.69 Å². The van der Waals surface area contributed by atoms with Gasteiger partial charge >= 0.3 is 0 Å². The van der Waals surface area contributed by atoms with Crippen molar-refractivity contribution < 1.29 is 9.66 Å². The Morgan fingerprint density at radius 2 is 2.29 bits per heavy atom. The molecule has 17 heavy (non-hydrogen) atoms. The first-order chi connectivity index (χ1) is 8.11. The lowest BCUT2D eigenvalue weighted by atomic mass is 10.2. The van der Waals surface area contributed by atoms with Crippen molar-refractivity contribution in [2.45, 2.75) is 6.61 Å². The molecule has 0 saturated carbocycles. The molecule has 88 valence electrons. The van der Waals surface area contributed by atoms with E-state index < -0.39 is 10.5 Å². The third-order valence-electron chi connectivity index (χ3n) is 2.23. The Hall–Kier alpha value is -2.28. The number of benzene rings is 1. The second-order valence-electron chi connectivity index (χ2n) is 3.40. The molecule has 0 amide bonds. The molecular formula is C10H9N3O4. The Morgan fingerprint density at radius 3 is 2.94 bits per heavy atom. The van der Waals surface area contributed by atoms with Crippen LogP contribution in [-0.4, -0.2) is 22.0 Å². The number of nitro benzene ring substituents is 1. The number of methoxy groups -OCH3 is 1. The zero-order valence-electron chi connectivity index (χ0n) is 8.97. The lowest BCUT2D eigenvalue weighted by Crippen LogP contribution is -2.12. The molecule has 7 heteroatoms. The van der Waals surface area contributed by atoms with Crippen LogP contribution in [0.5, 0.6) is 0 Å². The van der Waals surface area contributed by atoms with Gasteiger partial charge in [0.2, 0.25) is 0 Å². The molecule has 1 aromatic carbocycles. The van der Waals surface area contributed by atoms with Crippen molar-refractivity contribution in [3.05, 3.63) is 44.5 Å². The average Bonchev–Trinajstić information content (AvgIpc) is 2.29. The van der Waals surface area contributed by atoms with Crippen molar-refractivity contribution in [3.8, 4) is 0 Å². The number of ether oxygens (including phenoxy) is 1. The van der Waals surface area contributed by atoms with Gasteiger partial charge in [-0.15, -0.1) is 0 Å². The monoisotopic (exact) mass is 235 g/mol. The number of nitrogens with zero attached hydrogens (tertiary/aromatic N) is 2. The fourth-order valence-corrected chi connectivity index (χ4v) is 1.49. The van der Waals surface area contributed by atoms with Gasteiger partial charge in [0.1, 0.15) is 12.4 Å². The topological polar surface area (TPSA) is 98.1 Å². The summed E-state index contributed by atoms with van der Waals surface area (Å²) < 4.78 is 4.85. The Labute approximate surface area is 95.2 Å². The van der Waals surface area contributed by atoms with Crippen molar-refractivity contribution in [3.63, 3.8) is 0 Å². The SMILES string of the molecule is COCc1nc2ccc([N+](=O)[O-])cc2c(=O)[nH]1. The van der Waals surface area contributed by atoms with Crippen molar-refractivity contribution in [2.75, 3.05) is 7.11 Å². The molecule has 0 atom stereocenters. The first-order valence-corrected chi connectivity index (χ1v) is 4.78. The van der Waals surface area contributed by atoms with Gasteiger partial charge < -0.3 is 9.72 Å². The van der Waals surface area contributed by atoms with Gasteiger partial charge in [0.05, 0.1) is 15.8 Å². The number of fused-ring (bicyclic) bond motifs is 1. The van der Waals surface area contributed by atoms with Gasteiger partial charge in [-0.05, 0) is 6.07 Å². The molecule has 0 spiro atoms. The van der Waals surface area contributed by atoms with Crippen LogP contribution in [0, 0.1) is 10.1 Å². The van der Waals surface area contributed by atoms with E-state index in [0.717, 1.165) is 0 Å². The summed E-state index contributed by atoms with van der Waals surface area (Å²) in [5, 5.41) is 10.8. The highest BCUT2D eigenvalue weighted by Gasteiger charge is 2.10. The van der Waals surface area contributed by atoms with E-state index in [4.69, 9.17) is 4.74 Å². The summed E-state index contributed by atoms with van der Waals surface area (Å²) in [6.45, 7) is 0.183. The van der Waals surface area contributed by atoms with E-state index in [1.54, 1.807) is 0 Å². The molecule has 0 saturated heterocycles. The van der Waals surface area contributed by atoms with E-state index in [9.17, 15) is 14.9 Å². The summed E-state index contributed by atoms with van der Waals surface area (Å²) in [5.41, 5.74) is -0.138.